The van der Waals surface area contributed by atoms with Gasteiger partial charge in [0.25, 0.3) is 0 Å². The molecular weight excluding hydrogens is 1820 g/mol. The molecule has 0 saturated carbocycles. The highest BCUT2D eigenvalue weighted by atomic mass is 16.6. The fraction of sp³-hybridized carbons (Fsp3) is 0.947. The van der Waals surface area contributed by atoms with E-state index >= 15 is 0 Å². The van der Waals surface area contributed by atoms with Gasteiger partial charge in [-0.3, -0.25) is 0 Å². The molecule has 0 aliphatic heterocycles. The quantitative estimate of drug-likeness (QED) is 0.0200. The maximum absolute atomic E-state index is 9.10. The SMILES string of the molecule is C#CC(O)COC(C)(C)C.C#C[C@@H](O)COC(C)(C)C.C#C[C@H](O)COC(C)(C)C.CCC(O)COC(C)(C)C.CCC(O)COC(C)(C)C.CCCOCCOCCOC(C)(C)C.CCCOCCOCCOC(C)(C)C.CCCOCCOCCOC(C)(C)C.CC[C@@H](O)COC(C)(C)C.CC[C@@H](O)COC(C)(C)C.CC[C@H](O)COC(C)(C)C.CC[C@H](O)COC(C)(C)C.CC[C@H](O)COC(C)(C)C. The molecule has 29 nitrogen and oxygen atoms in total. The van der Waals surface area contributed by atoms with Crippen molar-refractivity contribution < 1.29 is 141 Å². The van der Waals surface area contributed by atoms with Crippen LogP contribution in [0.25, 0.3) is 0 Å². The topological polar surface area (TPSA) is 378 Å². The Balaban J connectivity index is -0.000000116. The van der Waals surface area contributed by atoms with E-state index in [-0.39, 0.29) is 135 Å². The first-order valence-electron chi connectivity index (χ1n) is 52.2. The van der Waals surface area contributed by atoms with Crippen molar-refractivity contribution in [1.29, 1.82) is 0 Å². The van der Waals surface area contributed by atoms with Crippen LogP contribution in [-0.2, 0) is 90.0 Å². The first kappa shape index (κ1) is 167. The molecule has 0 rings (SSSR count). The van der Waals surface area contributed by atoms with Crippen LogP contribution in [0, 0.1) is 37.0 Å². The van der Waals surface area contributed by atoms with E-state index in [1.54, 1.807) is 0 Å². The molecule has 142 heavy (non-hydrogen) atoms. The van der Waals surface area contributed by atoms with E-state index in [0.717, 1.165) is 84.0 Å². The van der Waals surface area contributed by atoms with Crippen molar-refractivity contribution in [3.05, 3.63) is 0 Å². The number of aliphatic hydroxyl groups excluding tert-OH is 10. The van der Waals surface area contributed by atoms with Crippen molar-refractivity contribution >= 4 is 0 Å². The summed E-state index contributed by atoms with van der Waals surface area (Å²) in [4.78, 5) is 0. The van der Waals surface area contributed by atoms with Crippen molar-refractivity contribution in [3.8, 4) is 37.0 Å². The molecule has 0 aliphatic carbocycles. The molecule has 0 radical (unpaired) electrons. The number of rotatable bonds is 51. The van der Waals surface area contributed by atoms with Crippen LogP contribution in [0.1, 0.15) is 403 Å². The highest BCUT2D eigenvalue weighted by molar-refractivity contribution is 4.94. The van der Waals surface area contributed by atoms with Gasteiger partial charge in [-0.05, 0) is 334 Å². The molecule has 10 N–H and O–H groups in total. The second-order valence-electron chi connectivity index (χ2n) is 46.3. The summed E-state index contributed by atoms with van der Waals surface area (Å²) in [7, 11) is 0. The largest absolute Gasteiger partial charge is 0.391 e. The lowest BCUT2D eigenvalue weighted by atomic mass is 10.2. The molecule has 0 aromatic heterocycles. The fourth-order valence-corrected chi connectivity index (χ4v) is 7.00. The van der Waals surface area contributed by atoms with Gasteiger partial charge >= 0.3 is 0 Å². The molecule has 0 heterocycles. The van der Waals surface area contributed by atoms with Crippen LogP contribution in [0.2, 0.25) is 0 Å². The third-order valence-corrected chi connectivity index (χ3v) is 15.3. The first-order chi connectivity index (χ1) is 64.2. The monoisotopic (exact) mass is 2060 g/mol. The Morgan fingerprint density at radius 2 is 0.254 bits per heavy atom. The summed E-state index contributed by atoms with van der Waals surface area (Å²) in [6.07, 6.45) is 18.8. The summed E-state index contributed by atoms with van der Waals surface area (Å²) in [5.74, 6) is 6.50. The molecule has 0 aliphatic rings. The van der Waals surface area contributed by atoms with E-state index in [1.165, 1.54) is 0 Å². The zero-order chi connectivity index (χ0) is 115. The van der Waals surface area contributed by atoms with Crippen molar-refractivity contribution in [1.82, 2.24) is 0 Å². The molecule has 0 amide bonds. The van der Waals surface area contributed by atoms with Gasteiger partial charge in [-0.25, -0.2) is 0 Å². The van der Waals surface area contributed by atoms with Crippen LogP contribution in [0.5, 0.6) is 0 Å². The molecule has 0 spiro atoms. The number of terminal acetylenes is 3. The molecule has 0 fully saturated rings. The fourth-order valence-electron chi connectivity index (χ4n) is 7.00. The Morgan fingerprint density at radius 1 is 0.155 bits per heavy atom. The summed E-state index contributed by atoms with van der Waals surface area (Å²) in [5.41, 5.74) is -1.78. The van der Waals surface area contributed by atoms with E-state index in [2.05, 4.69) is 38.5 Å². The van der Waals surface area contributed by atoms with Gasteiger partial charge in [-0.1, -0.05) is 87.0 Å². The number of hydrogen-bond donors (Lipinski definition) is 10. The number of aliphatic hydroxyl groups is 10. The van der Waals surface area contributed by atoms with Gasteiger partial charge in [0, 0.05) is 19.8 Å². The van der Waals surface area contributed by atoms with E-state index in [9.17, 15) is 0 Å². The van der Waals surface area contributed by atoms with Gasteiger partial charge in [0.05, 0.1) is 261 Å². The van der Waals surface area contributed by atoms with E-state index in [1.807, 2.05) is 318 Å². The number of ether oxygens (including phenoxy) is 19. The Kier molecular flexibility index (Phi) is 117. The van der Waals surface area contributed by atoms with Crippen LogP contribution in [0.15, 0.2) is 0 Å². The molecule has 0 saturated heterocycles. The van der Waals surface area contributed by atoms with Crippen molar-refractivity contribution in [2.24, 2.45) is 0 Å². The maximum Gasteiger partial charge on any atom is 0.137 e. The van der Waals surface area contributed by atoms with Crippen molar-refractivity contribution in [2.75, 3.05) is 165 Å². The first-order valence-corrected chi connectivity index (χ1v) is 52.2. The third-order valence-electron chi connectivity index (χ3n) is 15.3. The third kappa shape index (κ3) is 210. The minimum absolute atomic E-state index is 0.0674. The van der Waals surface area contributed by atoms with Crippen LogP contribution in [0.4, 0.5) is 0 Å². The Morgan fingerprint density at radius 3 is 0.345 bits per heavy atom. The van der Waals surface area contributed by atoms with Gasteiger partial charge in [0.15, 0.2) is 0 Å². The van der Waals surface area contributed by atoms with Gasteiger partial charge in [0.1, 0.15) is 18.3 Å². The van der Waals surface area contributed by atoms with Gasteiger partial charge in [-0.2, -0.15) is 0 Å². The Hall–Kier alpha value is -2.48. The molecule has 0 aromatic carbocycles. The molecule has 0 aromatic rings. The Labute approximate surface area is 876 Å². The Bertz CT molecular complexity index is 2260. The van der Waals surface area contributed by atoms with Crippen LogP contribution < -0.4 is 0 Å². The zero-order valence-corrected chi connectivity index (χ0v) is 101. The average molecular weight is 2060 g/mol. The lowest BCUT2D eigenvalue weighted by Crippen LogP contribution is -2.25. The second-order valence-corrected chi connectivity index (χ2v) is 46.3. The summed E-state index contributed by atoms with van der Waals surface area (Å²) >= 11 is 0. The van der Waals surface area contributed by atoms with Gasteiger partial charge in [-0.15, -0.1) is 19.3 Å². The predicted octanol–water partition coefficient (Wildman–Crippen LogP) is 20.1. The van der Waals surface area contributed by atoms with Gasteiger partial charge < -0.3 is 141 Å². The second kappa shape index (κ2) is 99.2. The molecule has 866 valence electrons. The zero-order valence-electron chi connectivity index (χ0n) is 101. The molecule has 0 bridgehead atoms. The standard InChI is InChI=1S/3C11H24O3.7C8H18O2.3C8H14O2/c3*1-5-6-12-7-8-13-9-10-14-11(2,3)4;10*1-5-7(9)6-10-8(2,3)4/h3*5-10H2,1-4H3;7*7,9H,5-6H2,1-4H3;3*1,7,9H,6H2,2-4H3/t;;;5*7-;;;2*7-;/m...11000..10./s1. The highest BCUT2D eigenvalue weighted by Crippen LogP contribution is 2.17. The minimum Gasteiger partial charge on any atom is -0.391 e. The van der Waals surface area contributed by atoms with Crippen LogP contribution >= 0.6 is 0 Å². The van der Waals surface area contributed by atoms with E-state index < -0.39 is 18.3 Å². The van der Waals surface area contributed by atoms with Crippen LogP contribution in [-0.4, -0.2) is 350 Å². The number of hydrogen-bond acceptors (Lipinski definition) is 29. The van der Waals surface area contributed by atoms with Crippen molar-refractivity contribution in [2.45, 2.75) is 537 Å². The molecule has 10 atom stereocenters. The van der Waals surface area contributed by atoms with Crippen molar-refractivity contribution in [3.63, 3.8) is 0 Å². The summed E-state index contributed by atoms with van der Waals surface area (Å²) in [6, 6.07) is 0. The molecular formula is C113H240O29. The lowest BCUT2D eigenvalue weighted by molar-refractivity contribution is -0.0493. The molecule has 29 heteroatoms. The predicted molar refractivity (Wildman–Crippen MR) is 589 cm³/mol. The summed E-state index contributed by atoms with van der Waals surface area (Å²) in [5, 5.41) is 90.3. The van der Waals surface area contributed by atoms with Crippen LogP contribution in [0.3, 0.4) is 0 Å². The lowest BCUT2D eigenvalue weighted by Gasteiger charge is -2.21. The smallest absolute Gasteiger partial charge is 0.137 e. The van der Waals surface area contributed by atoms with E-state index in [0.29, 0.717) is 126 Å². The summed E-state index contributed by atoms with van der Waals surface area (Å²) < 4.78 is 101. The minimum atomic E-state index is -0.778. The summed E-state index contributed by atoms with van der Waals surface area (Å²) in [6.45, 7) is 111. The highest BCUT2D eigenvalue weighted by Gasteiger charge is 2.21. The maximum atomic E-state index is 9.10. The molecule has 3 unspecified atom stereocenters. The normalized spacial score (nSPS) is 14.1. The van der Waals surface area contributed by atoms with Gasteiger partial charge in [0.2, 0.25) is 0 Å². The average Bonchev–Trinajstić information content (AvgIpc) is 0.977. The van der Waals surface area contributed by atoms with E-state index in [4.69, 9.17) is 160 Å².